The van der Waals surface area contributed by atoms with Crippen molar-refractivity contribution in [3.05, 3.63) is 48.0 Å². The average Bonchev–Trinajstić information content (AvgIpc) is 3.25. The maximum Gasteiger partial charge on any atom is 0.237 e. The number of hydrogen-bond acceptors (Lipinski definition) is 6. The number of amides is 1. The Morgan fingerprint density at radius 3 is 2.69 bits per heavy atom. The first-order chi connectivity index (χ1) is 14.1. The van der Waals surface area contributed by atoms with Crippen LogP contribution in [-0.2, 0) is 11.3 Å². The van der Waals surface area contributed by atoms with Crippen molar-refractivity contribution in [2.75, 3.05) is 45.0 Å². The second-order valence-corrected chi connectivity index (χ2v) is 7.31. The van der Waals surface area contributed by atoms with E-state index in [1.807, 2.05) is 37.3 Å². The molecule has 0 aliphatic carbocycles. The van der Waals surface area contributed by atoms with Crippen LogP contribution < -0.4 is 24.4 Å². The van der Waals surface area contributed by atoms with Crippen molar-refractivity contribution >= 4 is 11.6 Å². The van der Waals surface area contributed by atoms with Crippen LogP contribution in [0.3, 0.4) is 0 Å². The van der Waals surface area contributed by atoms with Crippen molar-refractivity contribution in [2.45, 2.75) is 19.5 Å². The second kappa shape index (κ2) is 8.61. The first kappa shape index (κ1) is 19.4. The van der Waals surface area contributed by atoms with Crippen LogP contribution in [-0.4, -0.2) is 56.9 Å². The molecule has 0 unspecified atom stereocenters. The summed E-state index contributed by atoms with van der Waals surface area (Å²) in [5, 5.41) is 3.04. The summed E-state index contributed by atoms with van der Waals surface area (Å²) in [4.78, 5) is 17.2. The largest absolute Gasteiger partial charge is 0.497 e. The van der Waals surface area contributed by atoms with Gasteiger partial charge in [0, 0.05) is 44.5 Å². The topological polar surface area (TPSA) is 63.3 Å². The van der Waals surface area contributed by atoms with Crippen LogP contribution in [0.5, 0.6) is 17.2 Å². The normalized spacial score (nSPS) is 17.1. The summed E-state index contributed by atoms with van der Waals surface area (Å²) >= 11 is 0. The van der Waals surface area contributed by atoms with Crippen LogP contribution in [0.4, 0.5) is 5.69 Å². The smallest absolute Gasteiger partial charge is 0.237 e. The molecule has 0 bridgehead atoms. The lowest BCUT2D eigenvalue weighted by atomic mass is 10.1. The standard InChI is InChI=1S/C22H27N3O4/c1-16(22(26)23-14-17-6-7-20-21(12-17)29-15-28-20)24-8-10-25(11-9-24)18-4-3-5-19(13-18)27-2/h3-7,12-13,16H,8-11,14-15H2,1-2H3,(H,23,26)/t16-/m0/s1. The summed E-state index contributed by atoms with van der Waals surface area (Å²) in [5.74, 6) is 2.39. The van der Waals surface area contributed by atoms with Gasteiger partial charge in [-0.05, 0) is 36.8 Å². The molecule has 1 saturated heterocycles. The molecule has 1 atom stereocenters. The van der Waals surface area contributed by atoms with E-state index in [1.165, 1.54) is 0 Å². The molecule has 7 nitrogen and oxygen atoms in total. The zero-order valence-electron chi connectivity index (χ0n) is 16.9. The van der Waals surface area contributed by atoms with E-state index in [4.69, 9.17) is 14.2 Å². The van der Waals surface area contributed by atoms with E-state index in [0.717, 1.165) is 54.7 Å². The molecule has 0 saturated carbocycles. The number of fused-ring (bicyclic) bond motifs is 1. The minimum Gasteiger partial charge on any atom is -0.497 e. The number of carbonyl (C=O) groups is 1. The summed E-state index contributed by atoms with van der Waals surface area (Å²) in [7, 11) is 1.68. The third-order valence-corrected chi connectivity index (χ3v) is 5.56. The second-order valence-electron chi connectivity index (χ2n) is 7.31. The summed E-state index contributed by atoms with van der Waals surface area (Å²) in [6, 6.07) is 13.7. The highest BCUT2D eigenvalue weighted by molar-refractivity contribution is 5.81. The first-order valence-electron chi connectivity index (χ1n) is 9.93. The molecule has 2 aliphatic heterocycles. The number of methoxy groups -OCH3 is 1. The van der Waals surface area contributed by atoms with E-state index in [-0.39, 0.29) is 18.7 Å². The van der Waals surface area contributed by atoms with Gasteiger partial charge >= 0.3 is 0 Å². The van der Waals surface area contributed by atoms with Gasteiger partial charge in [-0.3, -0.25) is 9.69 Å². The van der Waals surface area contributed by atoms with Crippen LogP contribution in [0.25, 0.3) is 0 Å². The Morgan fingerprint density at radius 2 is 1.90 bits per heavy atom. The van der Waals surface area contributed by atoms with E-state index >= 15 is 0 Å². The number of nitrogens with zero attached hydrogens (tertiary/aromatic N) is 2. The van der Waals surface area contributed by atoms with Gasteiger partial charge in [0.15, 0.2) is 11.5 Å². The molecular formula is C22H27N3O4. The summed E-state index contributed by atoms with van der Waals surface area (Å²) < 4.78 is 16.0. The molecule has 154 valence electrons. The van der Waals surface area contributed by atoms with E-state index in [1.54, 1.807) is 7.11 Å². The lowest BCUT2D eigenvalue weighted by Gasteiger charge is -2.38. The van der Waals surface area contributed by atoms with Gasteiger partial charge in [-0.25, -0.2) is 0 Å². The molecular weight excluding hydrogens is 370 g/mol. The van der Waals surface area contributed by atoms with Gasteiger partial charge in [0.2, 0.25) is 12.7 Å². The van der Waals surface area contributed by atoms with Crippen LogP contribution in [0.1, 0.15) is 12.5 Å². The Morgan fingerprint density at radius 1 is 1.10 bits per heavy atom. The van der Waals surface area contributed by atoms with Gasteiger partial charge in [-0.15, -0.1) is 0 Å². The van der Waals surface area contributed by atoms with Crippen molar-refractivity contribution in [1.29, 1.82) is 0 Å². The minimum absolute atomic E-state index is 0.0393. The van der Waals surface area contributed by atoms with E-state index in [9.17, 15) is 4.79 Å². The third kappa shape index (κ3) is 4.40. The minimum atomic E-state index is -0.170. The number of anilines is 1. The van der Waals surface area contributed by atoms with Crippen molar-refractivity contribution in [1.82, 2.24) is 10.2 Å². The lowest BCUT2D eigenvalue weighted by molar-refractivity contribution is -0.126. The van der Waals surface area contributed by atoms with Crippen molar-refractivity contribution in [3.8, 4) is 17.2 Å². The van der Waals surface area contributed by atoms with Gasteiger partial charge in [-0.2, -0.15) is 0 Å². The quantitative estimate of drug-likeness (QED) is 0.807. The van der Waals surface area contributed by atoms with Crippen LogP contribution in [0.2, 0.25) is 0 Å². The number of piperazine rings is 1. The van der Waals surface area contributed by atoms with Gasteiger partial charge in [-0.1, -0.05) is 12.1 Å². The van der Waals surface area contributed by atoms with Gasteiger partial charge < -0.3 is 24.4 Å². The zero-order chi connectivity index (χ0) is 20.2. The van der Waals surface area contributed by atoms with Crippen LogP contribution in [0.15, 0.2) is 42.5 Å². The van der Waals surface area contributed by atoms with Crippen molar-refractivity contribution < 1.29 is 19.0 Å². The molecule has 4 rings (SSSR count). The van der Waals surface area contributed by atoms with Gasteiger partial charge in [0.25, 0.3) is 0 Å². The number of benzene rings is 2. The molecule has 7 heteroatoms. The Labute approximate surface area is 171 Å². The van der Waals surface area contributed by atoms with Crippen molar-refractivity contribution in [2.24, 2.45) is 0 Å². The average molecular weight is 397 g/mol. The maximum atomic E-state index is 12.6. The first-order valence-corrected chi connectivity index (χ1v) is 9.93. The van der Waals surface area contributed by atoms with Gasteiger partial charge in [0.05, 0.1) is 13.2 Å². The molecule has 1 fully saturated rings. The molecule has 29 heavy (non-hydrogen) atoms. The molecule has 2 heterocycles. The summed E-state index contributed by atoms with van der Waals surface area (Å²) in [5.41, 5.74) is 2.15. The lowest BCUT2D eigenvalue weighted by Crippen LogP contribution is -2.53. The van der Waals surface area contributed by atoms with Crippen LogP contribution >= 0.6 is 0 Å². The van der Waals surface area contributed by atoms with E-state index < -0.39 is 0 Å². The Bertz CT molecular complexity index is 865. The number of carbonyl (C=O) groups excluding carboxylic acids is 1. The fourth-order valence-electron chi connectivity index (χ4n) is 3.73. The van der Waals surface area contributed by atoms with Gasteiger partial charge in [0.1, 0.15) is 5.75 Å². The highest BCUT2D eigenvalue weighted by atomic mass is 16.7. The molecule has 0 radical (unpaired) electrons. The zero-order valence-corrected chi connectivity index (χ0v) is 16.9. The number of ether oxygens (including phenoxy) is 3. The van der Waals surface area contributed by atoms with Crippen molar-refractivity contribution in [3.63, 3.8) is 0 Å². The van der Waals surface area contributed by atoms with E-state index in [2.05, 4.69) is 27.2 Å². The Hall–Kier alpha value is -2.93. The highest BCUT2D eigenvalue weighted by Gasteiger charge is 2.25. The molecule has 1 amide bonds. The third-order valence-electron chi connectivity index (χ3n) is 5.56. The Kier molecular flexibility index (Phi) is 5.76. The number of rotatable bonds is 6. The molecule has 2 aliphatic rings. The fourth-order valence-corrected chi connectivity index (χ4v) is 3.73. The summed E-state index contributed by atoms with van der Waals surface area (Å²) in [6.45, 7) is 6.15. The Balaban J connectivity index is 1.27. The predicted molar refractivity (Wildman–Crippen MR) is 111 cm³/mol. The van der Waals surface area contributed by atoms with Crippen LogP contribution in [0, 0.1) is 0 Å². The number of hydrogen-bond donors (Lipinski definition) is 1. The maximum absolute atomic E-state index is 12.6. The number of nitrogens with one attached hydrogen (secondary N) is 1. The molecule has 1 N–H and O–H groups in total. The molecule has 0 spiro atoms. The highest BCUT2D eigenvalue weighted by Crippen LogP contribution is 2.32. The fraction of sp³-hybridized carbons (Fsp3) is 0.409. The molecule has 2 aromatic carbocycles. The SMILES string of the molecule is COc1cccc(N2CCN([C@@H](C)C(=O)NCc3ccc4c(c3)OCO4)CC2)c1. The molecule has 2 aromatic rings. The predicted octanol–water partition coefficient (Wildman–Crippen LogP) is 2.25. The van der Waals surface area contributed by atoms with E-state index in [0.29, 0.717) is 6.54 Å². The summed E-state index contributed by atoms with van der Waals surface area (Å²) in [6.07, 6.45) is 0. The monoisotopic (exact) mass is 397 g/mol. The molecule has 0 aromatic heterocycles.